The number of halogens is 1. The average molecular weight is 491 g/mol. The molecule has 2 aromatic carbocycles. The summed E-state index contributed by atoms with van der Waals surface area (Å²) in [5, 5.41) is 9.66. The zero-order chi connectivity index (χ0) is 21.8. The highest BCUT2D eigenvalue weighted by atomic mass is 79.9. The number of hydrogen-bond donors (Lipinski definition) is 1. The first kappa shape index (κ1) is 21.9. The standard InChI is InChI=1S/C21H19BrN2O5S/c1-4-24-19(25)18(10-13-9-15(22)17(29-3)11-16(13)28-2)30-21(24)23-14-7-5-6-12(8-14)20(26)27/h5-11H,4H2,1-3H3,(H,26,27). The summed E-state index contributed by atoms with van der Waals surface area (Å²) in [4.78, 5) is 30.6. The third kappa shape index (κ3) is 4.52. The number of amides is 1. The number of carboxylic acid groups (broad SMARTS) is 1. The Morgan fingerprint density at radius 2 is 1.97 bits per heavy atom. The van der Waals surface area contributed by atoms with E-state index < -0.39 is 5.97 Å². The van der Waals surface area contributed by atoms with E-state index in [0.29, 0.717) is 39.4 Å². The van der Waals surface area contributed by atoms with E-state index >= 15 is 0 Å². The molecule has 0 unspecified atom stereocenters. The monoisotopic (exact) mass is 490 g/mol. The van der Waals surface area contributed by atoms with Gasteiger partial charge in [-0.3, -0.25) is 9.69 Å². The van der Waals surface area contributed by atoms with Gasteiger partial charge in [-0.2, -0.15) is 0 Å². The number of aromatic carboxylic acids is 1. The summed E-state index contributed by atoms with van der Waals surface area (Å²) in [6, 6.07) is 9.85. The van der Waals surface area contributed by atoms with Crippen LogP contribution in [0.15, 0.2) is 50.8 Å². The van der Waals surface area contributed by atoms with Crippen LogP contribution < -0.4 is 9.47 Å². The Bertz CT molecular complexity index is 1070. The molecule has 2 aromatic rings. The lowest BCUT2D eigenvalue weighted by Crippen LogP contribution is -2.28. The molecule has 9 heteroatoms. The highest BCUT2D eigenvalue weighted by Gasteiger charge is 2.32. The molecule has 7 nitrogen and oxygen atoms in total. The van der Waals surface area contributed by atoms with Crippen LogP contribution >= 0.6 is 27.7 Å². The van der Waals surface area contributed by atoms with Crippen LogP contribution in [0.5, 0.6) is 11.5 Å². The molecule has 1 saturated heterocycles. The Balaban J connectivity index is 1.99. The maximum atomic E-state index is 12.9. The van der Waals surface area contributed by atoms with Crippen LogP contribution in [0.2, 0.25) is 0 Å². The Hall–Kier alpha value is -2.78. The van der Waals surface area contributed by atoms with Crippen molar-refractivity contribution in [2.45, 2.75) is 6.92 Å². The Morgan fingerprint density at radius 1 is 1.23 bits per heavy atom. The lowest BCUT2D eigenvalue weighted by Gasteiger charge is -2.12. The molecule has 156 valence electrons. The topological polar surface area (TPSA) is 88.4 Å². The predicted molar refractivity (Wildman–Crippen MR) is 121 cm³/mol. The van der Waals surface area contributed by atoms with Gasteiger partial charge in [0.05, 0.1) is 34.8 Å². The van der Waals surface area contributed by atoms with E-state index in [4.69, 9.17) is 9.47 Å². The second kappa shape index (κ2) is 9.36. The molecular weight excluding hydrogens is 472 g/mol. The summed E-state index contributed by atoms with van der Waals surface area (Å²) in [6.45, 7) is 2.29. The average Bonchev–Trinajstić information content (AvgIpc) is 3.02. The van der Waals surface area contributed by atoms with Gasteiger partial charge in [-0.25, -0.2) is 9.79 Å². The molecule has 1 N–H and O–H groups in total. The van der Waals surface area contributed by atoms with Gasteiger partial charge in [0.1, 0.15) is 11.5 Å². The van der Waals surface area contributed by atoms with Crippen molar-refractivity contribution in [3.8, 4) is 11.5 Å². The second-order valence-corrected chi connectivity index (χ2v) is 8.00. The van der Waals surface area contributed by atoms with Crippen molar-refractivity contribution in [2.24, 2.45) is 4.99 Å². The number of methoxy groups -OCH3 is 2. The van der Waals surface area contributed by atoms with Crippen LogP contribution in [-0.4, -0.2) is 47.8 Å². The van der Waals surface area contributed by atoms with Gasteiger partial charge in [-0.15, -0.1) is 0 Å². The number of carbonyl (C=O) groups excluding carboxylic acids is 1. The summed E-state index contributed by atoms with van der Waals surface area (Å²) >= 11 is 4.68. The van der Waals surface area contributed by atoms with Crippen LogP contribution in [0, 0.1) is 0 Å². The van der Waals surface area contributed by atoms with Gasteiger partial charge in [0.15, 0.2) is 5.17 Å². The van der Waals surface area contributed by atoms with Gasteiger partial charge < -0.3 is 14.6 Å². The van der Waals surface area contributed by atoms with Crippen molar-refractivity contribution in [3.63, 3.8) is 0 Å². The van der Waals surface area contributed by atoms with Gasteiger partial charge in [0.2, 0.25) is 0 Å². The number of carbonyl (C=O) groups is 2. The third-order valence-corrected chi connectivity index (χ3v) is 5.94. The van der Waals surface area contributed by atoms with Crippen LogP contribution in [0.1, 0.15) is 22.8 Å². The number of hydrogen-bond acceptors (Lipinski definition) is 6. The van der Waals surface area contributed by atoms with Crippen molar-refractivity contribution in [2.75, 3.05) is 20.8 Å². The molecular formula is C21H19BrN2O5S. The minimum Gasteiger partial charge on any atom is -0.496 e. The summed E-state index contributed by atoms with van der Waals surface area (Å²) < 4.78 is 11.5. The van der Waals surface area contributed by atoms with Crippen LogP contribution in [-0.2, 0) is 4.79 Å². The summed E-state index contributed by atoms with van der Waals surface area (Å²) in [5.41, 5.74) is 1.32. The molecule has 0 atom stereocenters. The fourth-order valence-electron chi connectivity index (χ4n) is 2.83. The first-order valence-electron chi connectivity index (χ1n) is 8.93. The zero-order valence-electron chi connectivity index (χ0n) is 16.5. The smallest absolute Gasteiger partial charge is 0.335 e. The molecule has 1 fully saturated rings. The van der Waals surface area contributed by atoms with Gasteiger partial charge in [0.25, 0.3) is 5.91 Å². The van der Waals surface area contributed by atoms with Crippen molar-refractivity contribution in [3.05, 3.63) is 56.9 Å². The third-order valence-electron chi connectivity index (χ3n) is 4.31. The van der Waals surface area contributed by atoms with Crippen molar-refractivity contribution < 1.29 is 24.2 Å². The molecule has 0 saturated carbocycles. The van der Waals surface area contributed by atoms with Gasteiger partial charge in [-0.05, 0) is 65.0 Å². The first-order chi connectivity index (χ1) is 14.4. The van der Waals surface area contributed by atoms with E-state index in [1.807, 2.05) is 13.0 Å². The molecule has 30 heavy (non-hydrogen) atoms. The SMILES string of the molecule is CCN1C(=O)C(=Cc2cc(Br)c(OC)cc2OC)SC1=Nc1cccc(C(=O)O)c1. The van der Waals surface area contributed by atoms with E-state index in [0.717, 1.165) is 4.47 Å². The van der Waals surface area contributed by atoms with E-state index in [1.54, 1.807) is 43.4 Å². The van der Waals surface area contributed by atoms with Gasteiger partial charge in [0, 0.05) is 18.2 Å². The molecule has 1 amide bonds. The number of nitrogens with zero attached hydrogens (tertiary/aromatic N) is 2. The van der Waals surface area contributed by atoms with Crippen LogP contribution in [0.25, 0.3) is 6.08 Å². The number of amidine groups is 1. The second-order valence-electron chi connectivity index (χ2n) is 6.14. The maximum Gasteiger partial charge on any atom is 0.335 e. The number of ether oxygens (including phenoxy) is 2. The van der Waals surface area contributed by atoms with Crippen molar-refractivity contribution >= 4 is 56.5 Å². The number of aliphatic imine (C=N–C) groups is 1. The first-order valence-corrected chi connectivity index (χ1v) is 10.5. The molecule has 0 spiro atoms. The van der Waals surface area contributed by atoms with E-state index in [-0.39, 0.29) is 11.5 Å². The minimum atomic E-state index is -1.03. The molecule has 0 radical (unpaired) electrons. The molecule has 0 aromatic heterocycles. The van der Waals surface area contributed by atoms with Crippen molar-refractivity contribution in [1.29, 1.82) is 0 Å². The van der Waals surface area contributed by atoms with Gasteiger partial charge in [-0.1, -0.05) is 6.07 Å². The zero-order valence-corrected chi connectivity index (χ0v) is 18.9. The molecule has 0 aliphatic carbocycles. The van der Waals surface area contributed by atoms with Crippen LogP contribution in [0.3, 0.4) is 0 Å². The number of benzene rings is 2. The highest BCUT2D eigenvalue weighted by molar-refractivity contribution is 9.10. The number of rotatable bonds is 6. The quantitative estimate of drug-likeness (QED) is 0.585. The summed E-state index contributed by atoms with van der Waals surface area (Å²) in [5.74, 6) is -0.0179. The largest absolute Gasteiger partial charge is 0.496 e. The summed E-state index contributed by atoms with van der Waals surface area (Å²) in [6.07, 6.45) is 1.74. The normalized spacial score (nSPS) is 16.4. The number of thioether (sulfide) groups is 1. The lowest BCUT2D eigenvalue weighted by molar-refractivity contribution is -0.122. The highest BCUT2D eigenvalue weighted by Crippen LogP contribution is 2.38. The van der Waals surface area contributed by atoms with E-state index in [2.05, 4.69) is 20.9 Å². The van der Waals surface area contributed by atoms with Crippen molar-refractivity contribution in [1.82, 2.24) is 4.90 Å². The number of likely N-dealkylation sites (N-methyl/N-ethyl adjacent to an activating group) is 1. The maximum absolute atomic E-state index is 12.9. The Morgan fingerprint density at radius 3 is 2.60 bits per heavy atom. The molecule has 1 aliphatic rings. The van der Waals surface area contributed by atoms with Gasteiger partial charge >= 0.3 is 5.97 Å². The Kier molecular flexibility index (Phi) is 6.84. The fraction of sp³-hybridized carbons (Fsp3) is 0.190. The Labute approximate surface area is 186 Å². The van der Waals surface area contributed by atoms with E-state index in [9.17, 15) is 14.7 Å². The lowest BCUT2D eigenvalue weighted by atomic mass is 10.1. The van der Waals surface area contributed by atoms with Crippen LogP contribution in [0.4, 0.5) is 5.69 Å². The minimum absolute atomic E-state index is 0.137. The predicted octanol–water partition coefficient (Wildman–Crippen LogP) is 4.79. The number of carboxylic acids is 1. The molecule has 3 rings (SSSR count). The molecule has 1 heterocycles. The van der Waals surface area contributed by atoms with E-state index in [1.165, 1.54) is 23.9 Å². The fourth-order valence-corrected chi connectivity index (χ4v) is 4.40. The molecule has 1 aliphatic heterocycles. The summed E-state index contributed by atoms with van der Waals surface area (Å²) in [7, 11) is 3.12. The molecule has 0 bridgehead atoms.